The van der Waals surface area contributed by atoms with Crippen LogP contribution in [-0.4, -0.2) is 15.8 Å². The number of hydrogen-bond acceptors (Lipinski definition) is 3. The summed E-state index contributed by atoms with van der Waals surface area (Å²) in [6.07, 6.45) is 5.42. The standard InChI is InChI=1S/C16H12N2O/c19-15(10-12-4-3-8-17-11-12)16-14-6-2-1-5-13(14)7-9-18-16/h1-9,11H,10H2. The highest BCUT2D eigenvalue weighted by Crippen LogP contribution is 2.17. The van der Waals surface area contributed by atoms with Crippen molar-refractivity contribution in [3.05, 3.63) is 72.3 Å². The van der Waals surface area contributed by atoms with Crippen molar-refractivity contribution in [2.75, 3.05) is 0 Å². The average molecular weight is 248 g/mol. The van der Waals surface area contributed by atoms with Crippen LogP contribution in [0, 0.1) is 0 Å². The first-order valence-corrected chi connectivity index (χ1v) is 6.10. The molecule has 3 heteroatoms. The third-order valence-electron chi connectivity index (χ3n) is 3.03. The zero-order chi connectivity index (χ0) is 13.1. The first kappa shape index (κ1) is 11.5. The number of Topliss-reactive ketones (excluding diaryl/α,β-unsaturated/α-hetero) is 1. The SMILES string of the molecule is O=C(Cc1cccnc1)c1nccc2ccccc12. The van der Waals surface area contributed by atoms with Crippen LogP contribution in [0.4, 0.5) is 0 Å². The molecule has 0 amide bonds. The van der Waals surface area contributed by atoms with Gasteiger partial charge in [-0.2, -0.15) is 0 Å². The molecule has 0 aliphatic heterocycles. The summed E-state index contributed by atoms with van der Waals surface area (Å²) < 4.78 is 0. The van der Waals surface area contributed by atoms with Crippen LogP contribution < -0.4 is 0 Å². The third kappa shape index (κ3) is 2.36. The van der Waals surface area contributed by atoms with Crippen molar-refractivity contribution >= 4 is 16.6 Å². The summed E-state index contributed by atoms with van der Waals surface area (Å²) in [4.78, 5) is 20.6. The van der Waals surface area contributed by atoms with E-state index in [2.05, 4.69) is 9.97 Å². The molecule has 0 radical (unpaired) electrons. The second kappa shape index (κ2) is 4.98. The van der Waals surface area contributed by atoms with E-state index >= 15 is 0 Å². The smallest absolute Gasteiger partial charge is 0.186 e. The van der Waals surface area contributed by atoms with Crippen LogP contribution in [0.1, 0.15) is 16.1 Å². The number of aromatic nitrogens is 2. The minimum Gasteiger partial charge on any atom is -0.292 e. The molecule has 0 fully saturated rings. The van der Waals surface area contributed by atoms with Gasteiger partial charge in [0.15, 0.2) is 5.78 Å². The normalized spacial score (nSPS) is 10.5. The molecule has 19 heavy (non-hydrogen) atoms. The predicted molar refractivity (Wildman–Crippen MR) is 74.0 cm³/mol. The molecule has 3 aromatic rings. The molecule has 3 rings (SSSR count). The predicted octanol–water partition coefficient (Wildman–Crippen LogP) is 3.06. The number of carbonyl (C=O) groups is 1. The number of fused-ring (bicyclic) bond motifs is 1. The van der Waals surface area contributed by atoms with Crippen LogP contribution in [0.25, 0.3) is 10.8 Å². The van der Waals surface area contributed by atoms with Gasteiger partial charge in [0, 0.05) is 30.4 Å². The van der Waals surface area contributed by atoms with Crippen molar-refractivity contribution in [1.82, 2.24) is 9.97 Å². The van der Waals surface area contributed by atoms with E-state index in [1.807, 2.05) is 42.5 Å². The Labute approximate surface area is 111 Å². The molecule has 0 saturated carbocycles. The molecule has 0 bridgehead atoms. The van der Waals surface area contributed by atoms with Crippen molar-refractivity contribution in [3.63, 3.8) is 0 Å². The number of pyridine rings is 2. The van der Waals surface area contributed by atoms with Gasteiger partial charge in [-0.3, -0.25) is 14.8 Å². The summed E-state index contributed by atoms with van der Waals surface area (Å²) in [7, 11) is 0. The number of carbonyl (C=O) groups excluding carboxylic acids is 1. The van der Waals surface area contributed by atoms with Crippen LogP contribution in [0.15, 0.2) is 61.1 Å². The lowest BCUT2D eigenvalue weighted by atomic mass is 10.0. The van der Waals surface area contributed by atoms with Crippen molar-refractivity contribution in [3.8, 4) is 0 Å². The maximum absolute atomic E-state index is 12.3. The fourth-order valence-electron chi connectivity index (χ4n) is 2.11. The Morgan fingerprint density at radius 1 is 1.00 bits per heavy atom. The number of nitrogens with zero attached hydrogens (tertiary/aromatic N) is 2. The molecule has 0 N–H and O–H groups in total. The quantitative estimate of drug-likeness (QED) is 0.669. The summed E-state index contributed by atoms with van der Waals surface area (Å²) >= 11 is 0. The molecule has 0 atom stereocenters. The van der Waals surface area contributed by atoms with E-state index in [4.69, 9.17) is 0 Å². The second-order valence-corrected chi connectivity index (χ2v) is 4.34. The molecule has 2 aromatic heterocycles. The Balaban J connectivity index is 1.98. The lowest BCUT2D eigenvalue weighted by Gasteiger charge is -2.04. The molecule has 92 valence electrons. The largest absolute Gasteiger partial charge is 0.292 e. The molecule has 0 aliphatic rings. The first-order chi connectivity index (χ1) is 9.34. The summed E-state index contributed by atoms with van der Waals surface area (Å²) in [6, 6.07) is 13.4. The summed E-state index contributed by atoms with van der Waals surface area (Å²) in [6.45, 7) is 0. The Kier molecular flexibility index (Phi) is 3.02. The minimum absolute atomic E-state index is 0.0183. The first-order valence-electron chi connectivity index (χ1n) is 6.10. The van der Waals surface area contributed by atoms with E-state index in [1.54, 1.807) is 18.6 Å². The van der Waals surface area contributed by atoms with Gasteiger partial charge in [-0.05, 0) is 23.1 Å². The Bertz CT molecular complexity index is 718. The molecule has 0 unspecified atom stereocenters. The van der Waals surface area contributed by atoms with Crippen molar-refractivity contribution < 1.29 is 4.79 Å². The Morgan fingerprint density at radius 2 is 1.89 bits per heavy atom. The fourth-order valence-corrected chi connectivity index (χ4v) is 2.11. The topological polar surface area (TPSA) is 42.9 Å². The van der Waals surface area contributed by atoms with Gasteiger partial charge >= 0.3 is 0 Å². The van der Waals surface area contributed by atoms with Gasteiger partial charge in [0.1, 0.15) is 5.69 Å². The van der Waals surface area contributed by atoms with E-state index in [0.717, 1.165) is 16.3 Å². The van der Waals surface area contributed by atoms with Gasteiger partial charge in [-0.25, -0.2) is 0 Å². The molecule has 0 aliphatic carbocycles. The van der Waals surface area contributed by atoms with Crippen LogP contribution in [0.3, 0.4) is 0 Å². The number of hydrogen-bond donors (Lipinski definition) is 0. The average Bonchev–Trinajstić information content (AvgIpc) is 2.47. The number of benzene rings is 1. The third-order valence-corrected chi connectivity index (χ3v) is 3.03. The minimum atomic E-state index is 0.0183. The molecular formula is C16H12N2O. The van der Waals surface area contributed by atoms with Gasteiger partial charge in [0.25, 0.3) is 0 Å². The van der Waals surface area contributed by atoms with Gasteiger partial charge in [0.05, 0.1) is 0 Å². The monoisotopic (exact) mass is 248 g/mol. The van der Waals surface area contributed by atoms with Crippen molar-refractivity contribution in [1.29, 1.82) is 0 Å². The lowest BCUT2D eigenvalue weighted by molar-refractivity contribution is 0.0990. The summed E-state index contributed by atoms with van der Waals surface area (Å²) in [5, 5.41) is 1.94. The molecule has 1 aromatic carbocycles. The van der Waals surface area contributed by atoms with E-state index < -0.39 is 0 Å². The number of ketones is 1. The highest BCUT2D eigenvalue weighted by molar-refractivity contribution is 6.06. The van der Waals surface area contributed by atoms with E-state index in [0.29, 0.717) is 12.1 Å². The van der Waals surface area contributed by atoms with Crippen molar-refractivity contribution in [2.45, 2.75) is 6.42 Å². The van der Waals surface area contributed by atoms with Gasteiger partial charge in [0.2, 0.25) is 0 Å². The summed E-state index contributed by atoms with van der Waals surface area (Å²) in [5.41, 5.74) is 1.43. The maximum Gasteiger partial charge on any atom is 0.186 e. The lowest BCUT2D eigenvalue weighted by Crippen LogP contribution is -2.06. The fraction of sp³-hybridized carbons (Fsp3) is 0.0625. The molecule has 3 nitrogen and oxygen atoms in total. The zero-order valence-electron chi connectivity index (χ0n) is 10.3. The molecule has 0 saturated heterocycles. The van der Waals surface area contributed by atoms with Gasteiger partial charge < -0.3 is 0 Å². The maximum atomic E-state index is 12.3. The van der Waals surface area contributed by atoms with Gasteiger partial charge in [-0.1, -0.05) is 30.3 Å². The van der Waals surface area contributed by atoms with Crippen LogP contribution in [0.2, 0.25) is 0 Å². The van der Waals surface area contributed by atoms with E-state index in [-0.39, 0.29) is 5.78 Å². The van der Waals surface area contributed by atoms with Gasteiger partial charge in [-0.15, -0.1) is 0 Å². The Morgan fingerprint density at radius 3 is 2.74 bits per heavy atom. The molecular weight excluding hydrogens is 236 g/mol. The van der Waals surface area contributed by atoms with E-state index in [9.17, 15) is 4.79 Å². The van der Waals surface area contributed by atoms with Crippen LogP contribution in [0.5, 0.6) is 0 Å². The van der Waals surface area contributed by atoms with Crippen molar-refractivity contribution in [2.24, 2.45) is 0 Å². The molecule has 2 heterocycles. The number of rotatable bonds is 3. The highest BCUT2D eigenvalue weighted by atomic mass is 16.1. The second-order valence-electron chi connectivity index (χ2n) is 4.34. The summed E-state index contributed by atoms with van der Waals surface area (Å²) in [5.74, 6) is 0.0183. The Hall–Kier alpha value is -2.55. The highest BCUT2D eigenvalue weighted by Gasteiger charge is 2.12. The van der Waals surface area contributed by atoms with Crippen LogP contribution >= 0.6 is 0 Å². The molecule has 0 spiro atoms. The zero-order valence-corrected chi connectivity index (χ0v) is 10.3. The van der Waals surface area contributed by atoms with Crippen LogP contribution in [-0.2, 0) is 6.42 Å². The van der Waals surface area contributed by atoms with E-state index in [1.165, 1.54) is 0 Å².